The fourth-order valence-electron chi connectivity index (χ4n) is 3.91. The van der Waals surface area contributed by atoms with Crippen molar-refractivity contribution in [2.24, 2.45) is 0 Å². The van der Waals surface area contributed by atoms with Gasteiger partial charge >= 0.3 is 24.3 Å². The van der Waals surface area contributed by atoms with Crippen molar-refractivity contribution in [2.75, 3.05) is 25.0 Å². The van der Waals surface area contributed by atoms with Gasteiger partial charge in [0.15, 0.2) is 0 Å². The summed E-state index contributed by atoms with van der Waals surface area (Å²) in [7, 11) is 0. The molecule has 1 aliphatic heterocycles. The van der Waals surface area contributed by atoms with E-state index in [1.54, 1.807) is 20.8 Å². The minimum Gasteiger partial charge on any atom is -0.480 e. The van der Waals surface area contributed by atoms with Gasteiger partial charge in [0.2, 0.25) is 0 Å². The second-order valence-electron chi connectivity index (χ2n) is 9.69. The third kappa shape index (κ3) is 7.31. The summed E-state index contributed by atoms with van der Waals surface area (Å²) < 4.78 is 45.4. The van der Waals surface area contributed by atoms with Crippen LogP contribution in [0.25, 0.3) is 11.1 Å². The second-order valence-corrected chi connectivity index (χ2v) is 10.1. The Labute approximate surface area is 225 Å². The Balaban J connectivity index is 2.10. The lowest BCUT2D eigenvalue weighted by atomic mass is 9.98. The van der Waals surface area contributed by atoms with Crippen LogP contribution in [-0.2, 0) is 15.7 Å². The fraction of sp³-hybridized carbons (Fsp3) is 0.360. The van der Waals surface area contributed by atoms with Gasteiger partial charge in [-0.1, -0.05) is 17.7 Å². The number of hydrogen-bond donors (Lipinski definition) is 3. The summed E-state index contributed by atoms with van der Waals surface area (Å²) in [6.45, 7) is 3.86. The van der Waals surface area contributed by atoms with Crippen LogP contribution in [-0.4, -0.2) is 75.4 Å². The summed E-state index contributed by atoms with van der Waals surface area (Å²) in [5.41, 5.74) is -2.13. The first-order valence-electron chi connectivity index (χ1n) is 11.5. The van der Waals surface area contributed by atoms with Gasteiger partial charge in [-0.25, -0.2) is 14.4 Å². The van der Waals surface area contributed by atoms with Crippen molar-refractivity contribution in [3.05, 3.63) is 52.5 Å². The third-order valence-electron chi connectivity index (χ3n) is 5.64. The maximum Gasteiger partial charge on any atom is 0.416 e. The number of carbonyl (C=O) groups excluding carboxylic acids is 2. The summed E-state index contributed by atoms with van der Waals surface area (Å²) >= 11 is 5.92. The number of carboxylic acid groups (broad SMARTS) is 2. The van der Waals surface area contributed by atoms with E-state index in [0.717, 1.165) is 21.9 Å². The van der Waals surface area contributed by atoms with E-state index < -0.39 is 54.0 Å². The van der Waals surface area contributed by atoms with Gasteiger partial charge in [0.05, 0.1) is 23.4 Å². The van der Waals surface area contributed by atoms with Gasteiger partial charge in [0.25, 0.3) is 5.91 Å². The molecular weight excluding hydrogens is 547 g/mol. The number of nitrogens with one attached hydrogen (secondary N) is 1. The molecule has 2 aromatic rings. The normalized spacial score (nSPS) is 16.0. The van der Waals surface area contributed by atoms with Gasteiger partial charge < -0.3 is 24.7 Å². The summed E-state index contributed by atoms with van der Waals surface area (Å²) in [6.07, 6.45) is -6.99. The van der Waals surface area contributed by atoms with Crippen molar-refractivity contribution in [3.8, 4) is 11.1 Å². The van der Waals surface area contributed by atoms with Crippen molar-refractivity contribution < 1.29 is 47.3 Å². The number of carbonyl (C=O) groups is 4. The number of amides is 3. The SMILES string of the molecule is CC(C)(C)OC(=O)Nc1ccc(-c2cc(Cl)cc(C(F)(F)F)c2)cc1C(=O)N1CCN(C(=O)O)CC1C(=O)O. The molecule has 10 nitrogen and oxygen atoms in total. The number of hydrogen-bond acceptors (Lipinski definition) is 5. The largest absolute Gasteiger partial charge is 0.480 e. The summed E-state index contributed by atoms with van der Waals surface area (Å²) in [5.74, 6) is -2.35. The average Bonchev–Trinajstić information content (AvgIpc) is 2.81. The monoisotopic (exact) mass is 571 g/mol. The van der Waals surface area contributed by atoms with E-state index >= 15 is 0 Å². The Morgan fingerprint density at radius 2 is 1.67 bits per heavy atom. The maximum absolute atomic E-state index is 13.7. The Hall–Kier alpha value is -4.00. The Morgan fingerprint density at radius 3 is 2.23 bits per heavy atom. The van der Waals surface area contributed by atoms with Crippen LogP contribution in [0.4, 0.5) is 28.4 Å². The molecule has 0 aliphatic carbocycles. The van der Waals surface area contributed by atoms with E-state index in [1.165, 1.54) is 24.3 Å². The molecule has 0 spiro atoms. The zero-order valence-corrected chi connectivity index (χ0v) is 21.8. The molecule has 1 heterocycles. The quantitative estimate of drug-likeness (QED) is 0.455. The first-order chi connectivity index (χ1) is 18.0. The third-order valence-corrected chi connectivity index (χ3v) is 5.86. The number of anilines is 1. The van der Waals surface area contributed by atoms with E-state index in [4.69, 9.17) is 16.3 Å². The summed E-state index contributed by atoms with van der Waals surface area (Å²) in [6, 6.07) is 5.10. The van der Waals surface area contributed by atoms with Crippen LogP contribution < -0.4 is 5.32 Å². The number of piperazine rings is 1. The van der Waals surface area contributed by atoms with Gasteiger partial charge in [-0.2, -0.15) is 13.2 Å². The van der Waals surface area contributed by atoms with E-state index in [0.29, 0.717) is 0 Å². The number of aliphatic carboxylic acids is 1. The molecule has 39 heavy (non-hydrogen) atoms. The van der Waals surface area contributed by atoms with Gasteiger partial charge in [-0.3, -0.25) is 10.1 Å². The van der Waals surface area contributed by atoms with Crippen molar-refractivity contribution >= 4 is 41.4 Å². The van der Waals surface area contributed by atoms with Crippen molar-refractivity contribution in [1.82, 2.24) is 9.80 Å². The molecule has 3 N–H and O–H groups in total. The molecule has 2 aromatic carbocycles. The van der Waals surface area contributed by atoms with Crippen LogP contribution in [0.2, 0.25) is 5.02 Å². The molecule has 3 rings (SSSR count). The number of carboxylic acids is 1. The van der Waals surface area contributed by atoms with E-state index in [2.05, 4.69) is 5.32 Å². The Kier molecular flexibility index (Phi) is 8.34. The van der Waals surface area contributed by atoms with Gasteiger partial charge in [-0.15, -0.1) is 0 Å². The predicted octanol–water partition coefficient (Wildman–Crippen LogP) is 5.26. The summed E-state index contributed by atoms with van der Waals surface area (Å²) in [4.78, 5) is 51.2. The number of nitrogens with zero attached hydrogens (tertiary/aromatic N) is 2. The van der Waals surface area contributed by atoms with Crippen molar-refractivity contribution in [3.63, 3.8) is 0 Å². The highest BCUT2D eigenvalue weighted by atomic mass is 35.5. The van der Waals surface area contributed by atoms with Crippen LogP contribution in [0.3, 0.4) is 0 Å². The molecule has 0 radical (unpaired) electrons. The molecule has 1 unspecified atom stereocenters. The molecule has 1 aliphatic rings. The number of halogens is 4. The highest BCUT2D eigenvalue weighted by molar-refractivity contribution is 6.31. The first kappa shape index (κ1) is 29.6. The Bertz CT molecular complexity index is 1310. The standard InChI is InChI=1S/C25H25ClF3N3O7/c1-24(2,3)39-22(36)30-18-5-4-13(14-8-15(25(27,28)29)11-16(26)9-14)10-17(18)20(33)32-7-6-31(23(37)38)12-19(32)21(34)35/h4-5,8-11,19H,6-7,12H2,1-3H3,(H,30,36)(H,34,35)(H,37,38). The van der Waals surface area contributed by atoms with Gasteiger partial charge in [0, 0.05) is 18.1 Å². The summed E-state index contributed by atoms with van der Waals surface area (Å²) in [5, 5.41) is 21.2. The molecule has 0 aromatic heterocycles. The van der Waals surface area contributed by atoms with Crippen LogP contribution in [0.5, 0.6) is 0 Å². The average molecular weight is 572 g/mol. The number of ether oxygens (including phenoxy) is 1. The minimum atomic E-state index is -4.70. The van der Waals surface area contributed by atoms with Crippen molar-refractivity contribution in [1.29, 1.82) is 0 Å². The van der Waals surface area contributed by atoms with Gasteiger partial charge in [-0.05, 0) is 62.2 Å². The Morgan fingerprint density at radius 1 is 1.00 bits per heavy atom. The predicted molar refractivity (Wildman–Crippen MR) is 134 cm³/mol. The first-order valence-corrected chi connectivity index (χ1v) is 11.9. The number of rotatable bonds is 4. The zero-order valence-electron chi connectivity index (χ0n) is 21.0. The zero-order chi connectivity index (χ0) is 29.3. The number of alkyl halides is 3. The maximum atomic E-state index is 13.7. The highest BCUT2D eigenvalue weighted by Crippen LogP contribution is 2.36. The lowest BCUT2D eigenvalue weighted by Gasteiger charge is -2.38. The second kappa shape index (κ2) is 11.0. The molecule has 1 fully saturated rings. The van der Waals surface area contributed by atoms with E-state index in [1.807, 2.05) is 0 Å². The van der Waals surface area contributed by atoms with Crippen LogP contribution in [0.15, 0.2) is 36.4 Å². The molecule has 3 amide bonds. The fourth-order valence-corrected chi connectivity index (χ4v) is 4.14. The lowest BCUT2D eigenvalue weighted by molar-refractivity contribution is -0.144. The highest BCUT2D eigenvalue weighted by Gasteiger charge is 2.38. The molecule has 0 saturated carbocycles. The van der Waals surface area contributed by atoms with Crippen LogP contribution in [0, 0.1) is 0 Å². The number of benzene rings is 2. The topological polar surface area (TPSA) is 136 Å². The molecule has 1 atom stereocenters. The molecular formula is C25H25ClF3N3O7. The smallest absolute Gasteiger partial charge is 0.416 e. The molecule has 0 bridgehead atoms. The van der Waals surface area contributed by atoms with Crippen LogP contribution in [0.1, 0.15) is 36.7 Å². The minimum absolute atomic E-state index is 0.0122. The molecule has 210 valence electrons. The van der Waals surface area contributed by atoms with Gasteiger partial charge in [0.1, 0.15) is 11.6 Å². The molecule has 14 heteroatoms. The van der Waals surface area contributed by atoms with E-state index in [9.17, 15) is 42.6 Å². The lowest BCUT2D eigenvalue weighted by Crippen LogP contribution is -2.59. The molecule has 1 saturated heterocycles. The van der Waals surface area contributed by atoms with E-state index in [-0.39, 0.29) is 40.5 Å². The van der Waals surface area contributed by atoms with Crippen molar-refractivity contribution in [2.45, 2.75) is 38.6 Å². The van der Waals surface area contributed by atoms with Crippen LogP contribution >= 0.6 is 11.6 Å².